The third-order valence-electron chi connectivity index (χ3n) is 23.4. The van der Waals surface area contributed by atoms with Crippen LogP contribution in [0.15, 0.2) is 0 Å². The minimum atomic E-state index is -4.97. The Morgan fingerprint density at radius 3 is 0.617 bits per heavy atom. The summed E-state index contributed by atoms with van der Waals surface area (Å²) < 4.78 is 69.2. The molecule has 0 spiro atoms. The van der Waals surface area contributed by atoms with Crippen molar-refractivity contribution in [1.82, 2.24) is 0 Å². The Kier molecular flexibility index (Phi) is 85.5. The van der Waals surface area contributed by atoms with Gasteiger partial charge < -0.3 is 33.8 Å². The Labute approximate surface area is 708 Å². The number of aliphatic hydroxyl groups is 1. The van der Waals surface area contributed by atoms with Crippen LogP contribution in [0.3, 0.4) is 0 Å². The molecule has 0 bridgehead atoms. The SMILES string of the molecule is CCCCCCCCCCCCCCCCCCCCCC(=O)O[C@H](COC(=O)CCCCCCCCCCCCCC)COP(=O)(O)OC[C@H](O)COP(=O)(O)OC[C@@H](COC(=O)CCCCCCCCCCCCCCCCCCCCC(C)CC)OC(=O)CCCCCCCCCCCCCCCCCCCCC(C)CC. The molecule has 17 nitrogen and oxygen atoms in total. The predicted molar refractivity (Wildman–Crippen MR) is 478 cm³/mol. The number of hydrogen-bond acceptors (Lipinski definition) is 15. The maximum atomic E-state index is 13.2. The zero-order valence-corrected chi connectivity index (χ0v) is 77.9. The smallest absolute Gasteiger partial charge is 0.462 e. The van der Waals surface area contributed by atoms with E-state index in [4.69, 9.17) is 37.0 Å². The molecule has 0 heterocycles. The van der Waals surface area contributed by atoms with Crippen LogP contribution in [-0.4, -0.2) is 96.7 Å². The molecule has 115 heavy (non-hydrogen) atoms. The molecule has 0 aliphatic heterocycles. The highest BCUT2D eigenvalue weighted by Crippen LogP contribution is 2.45. The van der Waals surface area contributed by atoms with E-state index in [0.29, 0.717) is 25.7 Å². The van der Waals surface area contributed by atoms with E-state index in [-0.39, 0.29) is 25.7 Å². The van der Waals surface area contributed by atoms with Gasteiger partial charge in [-0.2, -0.15) is 0 Å². The van der Waals surface area contributed by atoms with Gasteiger partial charge in [0.1, 0.15) is 19.3 Å². The van der Waals surface area contributed by atoms with Gasteiger partial charge in [0.2, 0.25) is 0 Å². The minimum Gasteiger partial charge on any atom is -0.462 e. The fraction of sp³-hybridized carbons (Fsp3) is 0.958. The number of aliphatic hydroxyl groups excluding tert-OH is 1. The molecule has 0 amide bonds. The Balaban J connectivity index is 5.24. The third kappa shape index (κ3) is 86.8. The summed E-state index contributed by atoms with van der Waals surface area (Å²) in [5.41, 5.74) is 0. The number of hydrogen-bond donors (Lipinski definition) is 3. The van der Waals surface area contributed by atoms with E-state index in [2.05, 4.69) is 41.5 Å². The number of phosphoric ester groups is 2. The van der Waals surface area contributed by atoms with Crippen LogP contribution in [0.2, 0.25) is 0 Å². The van der Waals surface area contributed by atoms with Crippen molar-refractivity contribution >= 4 is 39.5 Å². The molecule has 0 aromatic rings. The average Bonchev–Trinajstić information content (AvgIpc) is 0.916. The molecule has 4 unspecified atom stereocenters. The van der Waals surface area contributed by atoms with Crippen LogP contribution < -0.4 is 0 Å². The molecule has 0 aromatic carbocycles. The normalized spacial score (nSPS) is 14.1. The van der Waals surface area contributed by atoms with Crippen molar-refractivity contribution in [3.8, 4) is 0 Å². The first-order valence-corrected chi connectivity index (χ1v) is 52.6. The number of carbonyl (C=O) groups excluding carboxylic acids is 4. The lowest BCUT2D eigenvalue weighted by Crippen LogP contribution is -2.30. The van der Waals surface area contributed by atoms with Crippen molar-refractivity contribution in [3.63, 3.8) is 0 Å². The van der Waals surface area contributed by atoms with Crippen molar-refractivity contribution in [2.75, 3.05) is 39.6 Å². The summed E-state index contributed by atoms with van der Waals surface area (Å²) >= 11 is 0. The molecule has 0 radical (unpaired) electrons. The van der Waals surface area contributed by atoms with Crippen molar-refractivity contribution < 1.29 is 80.2 Å². The Hall–Kier alpha value is -1.94. The number of rotatable bonds is 95. The van der Waals surface area contributed by atoms with Crippen LogP contribution in [-0.2, 0) is 65.4 Å². The number of phosphoric acid groups is 2. The fourth-order valence-electron chi connectivity index (χ4n) is 15.1. The Bertz CT molecular complexity index is 2190. The average molecular weight is 1680 g/mol. The zero-order chi connectivity index (χ0) is 84.1. The van der Waals surface area contributed by atoms with Crippen molar-refractivity contribution in [2.24, 2.45) is 11.8 Å². The summed E-state index contributed by atoms with van der Waals surface area (Å²) in [4.78, 5) is 73.6. The van der Waals surface area contributed by atoms with E-state index in [9.17, 15) is 43.2 Å². The topological polar surface area (TPSA) is 237 Å². The molecule has 0 saturated heterocycles. The first-order chi connectivity index (χ1) is 55.9. The van der Waals surface area contributed by atoms with E-state index in [0.717, 1.165) is 102 Å². The van der Waals surface area contributed by atoms with Gasteiger partial charge in [0.25, 0.3) is 0 Å². The summed E-state index contributed by atoms with van der Waals surface area (Å²) in [6.45, 7) is 9.87. The molecule has 0 aromatic heterocycles. The number of unbranched alkanes of at least 4 members (excludes halogenated alkanes) is 63. The van der Waals surface area contributed by atoms with Gasteiger partial charge in [-0.05, 0) is 37.5 Å². The van der Waals surface area contributed by atoms with Crippen LogP contribution in [0.5, 0.6) is 0 Å². The van der Waals surface area contributed by atoms with Gasteiger partial charge in [0, 0.05) is 25.7 Å². The maximum Gasteiger partial charge on any atom is 0.472 e. The first-order valence-electron chi connectivity index (χ1n) is 49.6. The zero-order valence-electron chi connectivity index (χ0n) is 76.1. The van der Waals surface area contributed by atoms with Gasteiger partial charge >= 0.3 is 39.5 Å². The van der Waals surface area contributed by atoms with Gasteiger partial charge in [-0.25, -0.2) is 9.13 Å². The standard InChI is InChI=1S/C96H188O17P2/c1-7-11-13-15-17-19-21-23-24-25-26-34-39-44-50-56-62-68-74-80-95(100)112-91(84-106-93(98)78-72-66-60-54-48-22-20-18-16-14-12-8-2)86-110-114(102,103)108-82-90(97)83-109-115(104,105)111-87-92(113-96(101)81-75-69-63-57-51-45-40-35-30-28-32-37-42-47-53-59-65-71-77-89(6)10-4)85-107-94(99)79-73-67-61-55-49-43-38-33-29-27-31-36-41-46-52-58-64-70-76-88(5)9-3/h88-92,97H,7-87H2,1-6H3,(H,102,103)(H,104,105)/t88?,89?,90-,91+,92+/m0/s1. The lowest BCUT2D eigenvalue weighted by molar-refractivity contribution is -0.161. The Morgan fingerprint density at radius 2 is 0.417 bits per heavy atom. The first kappa shape index (κ1) is 113. The summed E-state index contributed by atoms with van der Waals surface area (Å²) in [5, 5.41) is 10.7. The molecule has 3 N–H and O–H groups in total. The van der Waals surface area contributed by atoms with Crippen LogP contribution in [0.1, 0.15) is 523 Å². The number of esters is 4. The quantitative estimate of drug-likeness (QED) is 0.0222. The molecular weight excluding hydrogens is 1490 g/mol. The van der Waals surface area contributed by atoms with E-state index < -0.39 is 97.5 Å². The summed E-state index contributed by atoms with van der Waals surface area (Å²) in [6, 6.07) is 0. The highest BCUT2D eigenvalue weighted by molar-refractivity contribution is 7.47. The van der Waals surface area contributed by atoms with Gasteiger partial charge in [-0.1, -0.05) is 472 Å². The summed E-state index contributed by atoms with van der Waals surface area (Å²) in [6.07, 6.45) is 83.3. The second-order valence-electron chi connectivity index (χ2n) is 34.9. The van der Waals surface area contributed by atoms with Crippen molar-refractivity contribution in [1.29, 1.82) is 0 Å². The highest BCUT2D eigenvalue weighted by atomic mass is 31.2. The summed E-state index contributed by atoms with van der Waals surface area (Å²) in [7, 11) is -9.94. The highest BCUT2D eigenvalue weighted by Gasteiger charge is 2.31. The molecule has 0 aliphatic carbocycles. The van der Waals surface area contributed by atoms with Crippen LogP contribution in [0.4, 0.5) is 0 Å². The third-order valence-corrected chi connectivity index (χ3v) is 25.3. The molecular formula is C96H188O17P2. The van der Waals surface area contributed by atoms with Crippen LogP contribution in [0, 0.1) is 11.8 Å². The molecule has 0 fully saturated rings. The van der Waals surface area contributed by atoms with Crippen molar-refractivity contribution in [2.45, 2.75) is 541 Å². The second kappa shape index (κ2) is 87.0. The monoisotopic (exact) mass is 1680 g/mol. The lowest BCUT2D eigenvalue weighted by atomic mass is 9.99. The summed E-state index contributed by atoms with van der Waals surface area (Å²) in [5.74, 6) is -0.344. The Morgan fingerprint density at radius 1 is 0.243 bits per heavy atom. The molecule has 0 rings (SSSR count). The predicted octanol–water partition coefficient (Wildman–Crippen LogP) is 30.1. The van der Waals surface area contributed by atoms with Crippen LogP contribution >= 0.6 is 15.6 Å². The molecule has 0 aliphatic rings. The van der Waals surface area contributed by atoms with E-state index in [1.54, 1.807) is 0 Å². The molecule has 0 saturated carbocycles. The molecule has 19 heteroatoms. The van der Waals surface area contributed by atoms with E-state index in [1.807, 2.05) is 0 Å². The van der Waals surface area contributed by atoms with E-state index >= 15 is 0 Å². The largest absolute Gasteiger partial charge is 0.472 e. The van der Waals surface area contributed by atoms with E-state index in [1.165, 1.54) is 340 Å². The van der Waals surface area contributed by atoms with Gasteiger partial charge in [-0.15, -0.1) is 0 Å². The van der Waals surface area contributed by atoms with Crippen molar-refractivity contribution in [3.05, 3.63) is 0 Å². The van der Waals surface area contributed by atoms with Gasteiger partial charge in [0.15, 0.2) is 12.2 Å². The molecule has 684 valence electrons. The van der Waals surface area contributed by atoms with Gasteiger partial charge in [-0.3, -0.25) is 37.3 Å². The molecule has 7 atom stereocenters. The fourth-order valence-corrected chi connectivity index (χ4v) is 16.7. The number of carbonyl (C=O) groups is 4. The second-order valence-corrected chi connectivity index (χ2v) is 37.9. The maximum absolute atomic E-state index is 13.2. The van der Waals surface area contributed by atoms with Crippen LogP contribution in [0.25, 0.3) is 0 Å². The minimum absolute atomic E-state index is 0.109. The van der Waals surface area contributed by atoms with Gasteiger partial charge in [0.05, 0.1) is 26.4 Å². The lowest BCUT2D eigenvalue weighted by Gasteiger charge is -2.21. The number of ether oxygens (including phenoxy) is 4.